The highest BCUT2D eigenvalue weighted by Crippen LogP contribution is 2.22. The summed E-state index contributed by atoms with van der Waals surface area (Å²) in [5.74, 6) is 2.12. The number of amides is 1. The van der Waals surface area contributed by atoms with Gasteiger partial charge < -0.3 is 5.11 Å². The Labute approximate surface area is 144 Å². The van der Waals surface area contributed by atoms with Crippen LogP contribution in [0.1, 0.15) is 21.5 Å². The number of phenolic OH excluding ortho intramolecular Hbond substituents is 1. The van der Waals surface area contributed by atoms with Crippen molar-refractivity contribution in [3.8, 4) is 18.1 Å². The van der Waals surface area contributed by atoms with Crippen molar-refractivity contribution in [2.75, 3.05) is 0 Å². The van der Waals surface area contributed by atoms with Gasteiger partial charge in [-0.1, -0.05) is 21.9 Å². The summed E-state index contributed by atoms with van der Waals surface area (Å²) in [5.41, 5.74) is 3.88. The van der Waals surface area contributed by atoms with E-state index >= 15 is 0 Å². The first kappa shape index (κ1) is 16.3. The Hall–Kier alpha value is -2.10. The van der Waals surface area contributed by atoms with Gasteiger partial charge in [0.25, 0.3) is 5.91 Å². The molecular formula is C16H10Br2N2O2. The molecule has 0 aliphatic heterocycles. The molecule has 2 rings (SSSR count). The van der Waals surface area contributed by atoms with Crippen LogP contribution in [0.25, 0.3) is 0 Å². The molecular weight excluding hydrogens is 412 g/mol. The molecule has 0 bridgehead atoms. The first-order chi connectivity index (χ1) is 10.5. The average Bonchev–Trinajstić information content (AvgIpc) is 2.49. The second-order valence-corrected chi connectivity index (χ2v) is 6.01. The van der Waals surface area contributed by atoms with Crippen molar-refractivity contribution in [1.82, 2.24) is 5.43 Å². The Morgan fingerprint density at radius 3 is 2.73 bits per heavy atom. The lowest BCUT2D eigenvalue weighted by atomic mass is 10.1. The maximum Gasteiger partial charge on any atom is 0.272 e. The summed E-state index contributed by atoms with van der Waals surface area (Å²) in [4.78, 5) is 12.0. The number of phenols is 1. The first-order valence-electron chi connectivity index (χ1n) is 6.09. The van der Waals surface area contributed by atoms with Crippen molar-refractivity contribution in [2.45, 2.75) is 0 Å². The molecule has 0 atom stereocenters. The number of carbonyl (C=O) groups is 1. The van der Waals surface area contributed by atoms with E-state index in [2.05, 4.69) is 48.3 Å². The normalized spacial score (nSPS) is 10.4. The number of halogens is 2. The van der Waals surface area contributed by atoms with Crippen LogP contribution in [0.3, 0.4) is 0 Å². The molecule has 2 N–H and O–H groups in total. The molecule has 2 aromatic rings. The highest BCUT2D eigenvalue weighted by molar-refractivity contribution is 9.11. The molecule has 4 nitrogen and oxygen atoms in total. The summed E-state index contributed by atoms with van der Waals surface area (Å²) in [5, 5.41) is 13.5. The van der Waals surface area contributed by atoms with Crippen LogP contribution in [-0.4, -0.2) is 17.2 Å². The Kier molecular flexibility index (Phi) is 5.36. The van der Waals surface area contributed by atoms with Crippen molar-refractivity contribution in [3.05, 3.63) is 62.0 Å². The average molecular weight is 422 g/mol. The van der Waals surface area contributed by atoms with Gasteiger partial charge in [0.05, 0.1) is 11.8 Å². The summed E-state index contributed by atoms with van der Waals surface area (Å²) in [6.07, 6.45) is 6.63. The highest BCUT2D eigenvalue weighted by Gasteiger charge is 2.09. The van der Waals surface area contributed by atoms with Crippen molar-refractivity contribution in [1.29, 1.82) is 0 Å². The van der Waals surface area contributed by atoms with Crippen LogP contribution < -0.4 is 5.43 Å². The molecule has 0 fully saturated rings. The Morgan fingerprint density at radius 1 is 1.27 bits per heavy atom. The van der Waals surface area contributed by atoms with Crippen LogP contribution in [0.5, 0.6) is 5.75 Å². The third kappa shape index (κ3) is 3.97. The Morgan fingerprint density at radius 2 is 2.05 bits per heavy atom. The third-order valence-corrected chi connectivity index (χ3v) is 3.89. The zero-order valence-electron chi connectivity index (χ0n) is 11.2. The van der Waals surface area contributed by atoms with Crippen LogP contribution in [0, 0.1) is 12.3 Å². The number of hydrogen-bond donors (Lipinski definition) is 2. The van der Waals surface area contributed by atoms with Crippen LogP contribution >= 0.6 is 31.9 Å². The summed E-state index contributed by atoms with van der Waals surface area (Å²) in [6.45, 7) is 0. The van der Waals surface area contributed by atoms with Crippen LogP contribution in [0.2, 0.25) is 0 Å². The minimum atomic E-state index is -0.372. The van der Waals surface area contributed by atoms with Gasteiger partial charge in [0.1, 0.15) is 5.75 Å². The van der Waals surface area contributed by atoms with Crippen molar-refractivity contribution in [3.63, 3.8) is 0 Å². The van der Waals surface area contributed by atoms with Gasteiger partial charge in [0, 0.05) is 20.1 Å². The zero-order chi connectivity index (χ0) is 16.1. The fourth-order valence-corrected chi connectivity index (χ4v) is 2.87. The number of benzene rings is 2. The number of hydrogen-bond acceptors (Lipinski definition) is 3. The number of hydrazone groups is 1. The molecule has 0 unspecified atom stereocenters. The molecule has 110 valence electrons. The van der Waals surface area contributed by atoms with E-state index in [9.17, 15) is 9.90 Å². The molecule has 0 heterocycles. The van der Waals surface area contributed by atoms with E-state index in [0.29, 0.717) is 21.2 Å². The SMILES string of the molecule is C#Cc1ccc(O)c(C=NNC(=O)c2ccc(Br)cc2Br)c1. The summed E-state index contributed by atoms with van der Waals surface area (Å²) in [7, 11) is 0. The standard InChI is InChI=1S/C16H10Br2N2O2/c1-2-10-3-6-15(21)11(7-10)9-19-20-16(22)13-5-4-12(17)8-14(13)18/h1,3-9,21H,(H,20,22). The summed E-state index contributed by atoms with van der Waals surface area (Å²) >= 11 is 6.63. The second kappa shape index (κ2) is 7.25. The van der Waals surface area contributed by atoms with E-state index in [1.165, 1.54) is 12.3 Å². The van der Waals surface area contributed by atoms with Gasteiger partial charge in [0.2, 0.25) is 0 Å². The lowest BCUT2D eigenvalue weighted by Crippen LogP contribution is -2.18. The highest BCUT2D eigenvalue weighted by atomic mass is 79.9. The summed E-state index contributed by atoms with van der Waals surface area (Å²) in [6, 6.07) is 9.87. The van der Waals surface area contributed by atoms with Crippen molar-refractivity contribution in [2.24, 2.45) is 5.10 Å². The quantitative estimate of drug-likeness (QED) is 0.451. The smallest absolute Gasteiger partial charge is 0.272 e. The predicted octanol–water partition coefficient (Wildman–Crippen LogP) is 3.66. The maximum atomic E-state index is 12.0. The second-order valence-electron chi connectivity index (χ2n) is 4.24. The fraction of sp³-hybridized carbons (Fsp3) is 0. The summed E-state index contributed by atoms with van der Waals surface area (Å²) < 4.78 is 1.50. The lowest BCUT2D eigenvalue weighted by Gasteiger charge is -2.03. The molecule has 1 amide bonds. The molecule has 0 spiro atoms. The van der Waals surface area contributed by atoms with Gasteiger partial charge in [-0.2, -0.15) is 5.10 Å². The molecule has 0 radical (unpaired) electrons. The van der Waals surface area contributed by atoms with Crippen LogP contribution in [-0.2, 0) is 0 Å². The van der Waals surface area contributed by atoms with Crippen molar-refractivity contribution >= 4 is 44.0 Å². The monoisotopic (exact) mass is 420 g/mol. The van der Waals surface area contributed by atoms with E-state index in [1.54, 1.807) is 30.3 Å². The molecule has 0 saturated heterocycles. The molecule has 0 aliphatic rings. The van der Waals surface area contributed by atoms with E-state index in [1.807, 2.05) is 0 Å². The van der Waals surface area contributed by atoms with Crippen LogP contribution in [0.15, 0.2) is 50.4 Å². The van der Waals surface area contributed by atoms with Gasteiger partial charge in [-0.15, -0.1) is 6.42 Å². The van der Waals surface area contributed by atoms with Crippen molar-refractivity contribution < 1.29 is 9.90 Å². The molecule has 6 heteroatoms. The number of aromatic hydroxyl groups is 1. The van der Waals surface area contributed by atoms with Gasteiger partial charge in [-0.25, -0.2) is 5.43 Å². The number of nitrogens with one attached hydrogen (secondary N) is 1. The number of nitrogens with zero attached hydrogens (tertiary/aromatic N) is 1. The van der Waals surface area contributed by atoms with E-state index < -0.39 is 0 Å². The molecule has 2 aromatic carbocycles. The molecule has 0 aromatic heterocycles. The molecule has 0 aliphatic carbocycles. The van der Waals surface area contributed by atoms with Gasteiger partial charge in [-0.05, 0) is 52.3 Å². The largest absolute Gasteiger partial charge is 0.507 e. The molecule has 0 saturated carbocycles. The van der Waals surface area contributed by atoms with Gasteiger partial charge in [0.15, 0.2) is 0 Å². The van der Waals surface area contributed by atoms with E-state index in [4.69, 9.17) is 6.42 Å². The number of terminal acetylenes is 1. The van der Waals surface area contributed by atoms with E-state index in [0.717, 1.165) is 4.47 Å². The van der Waals surface area contributed by atoms with Gasteiger partial charge in [-0.3, -0.25) is 4.79 Å². The van der Waals surface area contributed by atoms with E-state index in [-0.39, 0.29) is 11.7 Å². The first-order valence-corrected chi connectivity index (χ1v) is 7.68. The maximum absolute atomic E-state index is 12.0. The number of carbonyl (C=O) groups excluding carboxylic acids is 1. The Balaban J connectivity index is 2.12. The van der Waals surface area contributed by atoms with Gasteiger partial charge >= 0.3 is 0 Å². The third-order valence-electron chi connectivity index (χ3n) is 2.74. The minimum Gasteiger partial charge on any atom is -0.507 e. The predicted molar refractivity (Wildman–Crippen MR) is 92.9 cm³/mol. The van der Waals surface area contributed by atoms with Crippen LogP contribution in [0.4, 0.5) is 0 Å². The Bertz CT molecular complexity index is 795. The molecule has 22 heavy (non-hydrogen) atoms. The zero-order valence-corrected chi connectivity index (χ0v) is 14.3. The number of rotatable bonds is 3. The lowest BCUT2D eigenvalue weighted by molar-refractivity contribution is 0.0954. The topological polar surface area (TPSA) is 61.7 Å². The minimum absolute atomic E-state index is 0.0295. The fourth-order valence-electron chi connectivity index (χ4n) is 1.64.